The van der Waals surface area contributed by atoms with Crippen molar-refractivity contribution in [2.45, 2.75) is 17.7 Å². The van der Waals surface area contributed by atoms with Crippen molar-refractivity contribution in [3.05, 3.63) is 35.9 Å². The first-order valence-electron chi connectivity index (χ1n) is 6.25. The molecule has 20 heavy (non-hydrogen) atoms. The first-order chi connectivity index (χ1) is 9.45. The summed E-state index contributed by atoms with van der Waals surface area (Å²) >= 11 is 0. The van der Waals surface area contributed by atoms with Crippen LogP contribution in [0.15, 0.2) is 35.2 Å². The van der Waals surface area contributed by atoms with Gasteiger partial charge in [0.25, 0.3) is 0 Å². The summed E-state index contributed by atoms with van der Waals surface area (Å²) in [5.74, 6) is -0.453. The van der Waals surface area contributed by atoms with Crippen LogP contribution in [-0.4, -0.2) is 27.4 Å². The number of hydrogen-bond acceptors (Lipinski definition) is 4. The van der Waals surface area contributed by atoms with E-state index in [1.54, 1.807) is 25.1 Å². The lowest BCUT2D eigenvalue weighted by molar-refractivity contribution is -0.116. The van der Waals surface area contributed by atoms with Gasteiger partial charge in [-0.05, 0) is 30.7 Å². The first-order valence-corrected chi connectivity index (χ1v) is 7.73. The quantitative estimate of drug-likeness (QED) is 0.690. The molecule has 0 bridgehead atoms. The van der Waals surface area contributed by atoms with Crippen molar-refractivity contribution in [2.24, 2.45) is 5.73 Å². The van der Waals surface area contributed by atoms with E-state index in [2.05, 4.69) is 10.0 Å². The van der Waals surface area contributed by atoms with E-state index in [9.17, 15) is 13.2 Å². The fourth-order valence-electron chi connectivity index (χ4n) is 1.98. The molecule has 6 nitrogen and oxygen atoms in total. The van der Waals surface area contributed by atoms with Crippen LogP contribution in [0, 0.1) is 0 Å². The third-order valence-corrected chi connectivity index (χ3v) is 4.57. The van der Waals surface area contributed by atoms with Gasteiger partial charge in [-0.3, -0.25) is 4.79 Å². The largest absolute Gasteiger partial charge is 0.327 e. The smallest absolute Gasteiger partial charge is 0.240 e. The van der Waals surface area contributed by atoms with Gasteiger partial charge in [0.2, 0.25) is 15.9 Å². The van der Waals surface area contributed by atoms with Crippen LogP contribution < -0.4 is 15.8 Å². The summed E-state index contributed by atoms with van der Waals surface area (Å²) in [4.78, 5) is 11.7. The Labute approximate surface area is 118 Å². The van der Waals surface area contributed by atoms with Crippen molar-refractivity contribution in [1.82, 2.24) is 4.72 Å². The van der Waals surface area contributed by atoms with Gasteiger partial charge in [0.1, 0.15) is 0 Å². The molecule has 0 radical (unpaired) electrons. The molecule has 108 valence electrons. The molecule has 0 aliphatic carbocycles. The van der Waals surface area contributed by atoms with Crippen LogP contribution in [0.25, 0.3) is 0 Å². The number of fused-ring (bicyclic) bond motifs is 1. The number of carbonyl (C=O) groups excluding carboxylic acids is 1. The number of sulfonamides is 1. The van der Waals surface area contributed by atoms with Gasteiger partial charge in [-0.1, -0.05) is 12.2 Å². The third kappa shape index (κ3) is 2.90. The van der Waals surface area contributed by atoms with E-state index in [4.69, 9.17) is 5.73 Å². The van der Waals surface area contributed by atoms with Crippen molar-refractivity contribution in [3.8, 4) is 0 Å². The third-order valence-electron chi connectivity index (χ3n) is 3.14. The number of amides is 1. The summed E-state index contributed by atoms with van der Waals surface area (Å²) < 4.78 is 26.7. The lowest BCUT2D eigenvalue weighted by Crippen LogP contribution is -2.24. The second-order valence-corrected chi connectivity index (χ2v) is 6.29. The Morgan fingerprint density at radius 2 is 2.15 bits per heavy atom. The number of carbonyl (C=O) groups is 1. The molecule has 7 heteroatoms. The van der Waals surface area contributed by atoms with Crippen LogP contribution in [-0.2, 0) is 14.8 Å². The molecule has 0 saturated heterocycles. The van der Waals surface area contributed by atoms with Crippen molar-refractivity contribution in [3.63, 3.8) is 0 Å². The molecule has 0 spiro atoms. The maximum absolute atomic E-state index is 12.1. The molecule has 1 heterocycles. The Hall–Kier alpha value is -1.70. The van der Waals surface area contributed by atoms with Gasteiger partial charge in [0.15, 0.2) is 0 Å². The second kappa shape index (κ2) is 5.74. The predicted molar refractivity (Wildman–Crippen MR) is 76.9 cm³/mol. The van der Waals surface area contributed by atoms with E-state index in [1.807, 2.05) is 0 Å². The van der Waals surface area contributed by atoms with Gasteiger partial charge in [-0.2, -0.15) is 0 Å². The van der Waals surface area contributed by atoms with Gasteiger partial charge in [0.05, 0.1) is 10.8 Å². The standard InChI is InChI=1S/C13H17N3O3S/c1-9-11-8-10(4-5-12(11)16-13(9)17)20(18,19)15-7-3-2-6-14/h2-5,8-9,15H,6-7,14H2,1H3,(H,16,17)/b3-2+. The van der Waals surface area contributed by atoms with Crippen molar-refractivity contribution >= 4 is 21.6 Å². The highest BCUT2D eigenvalue weighted by atomic mass is 32.2. The normalized spacial score (nSPS) is 18.3. The highest BCUT2D eigenvalue weighted by Gasteiger charge is 2.28. The minimum atomic E-state index is -3.58. The topological polar surface area (TPSA) is 101 Å². The van der Waals surface area contributed by atoms with Gasteiger partial charge in [-0.15, -0.1) is 0 Å². The van der Waals surface area contributed by atoms with E-state index in [0.29, 0.717) is 17.8 Å². The van der Waals surface area contributed by atoms with Crippen LogP contribution in [0.1, 0.15) is 18.4 Å². The molecule has 1 aliphatic rings. The molecule has 1 amide bonds. The molecule has 4 N–H and O–H groups in total. The van der Waals surface area contributed by atoms with Crippen LogP contribution in [0.5, 0.6) is 0 Å². The fourth-order valence-corrected chi connectivity index (χ4v) is 2.99. The molecule has 2 rings (SSSR count). The highest BCUT2D eigenvalue weighted by molar-refractivity contribution is 7.89. The molecule has 1 aromatic carbocycles. The van der Waals surface area contributed by atoms with Crippen LogP contribution >= 0.6 is 0 Å². The molecule has 1 aliphatic heterocycles. The molecule has 1 aromatic rings. The maximum Gasteiger partial charge on any atom is 0.240 e. The number of anilines is 1. The predicted octanol–water partition coefficient (Wildman–Crippen LogP) is 0.535. The van der Waals surface area contributed by atoms with Crippen LogP contribution in [0.2, 0.25) is 0 Å². The van der Waals surface area contributed by atoms with Crippen molar-refractivity contribution in [1.29, 1.82) is 0 Å². The Kier molecular flexibility index (Phi) is 4.22. The number of rotatable bonds is 5. The zero-order valence-corrected chi connectivity index (χ0v) is 11.9. The Morgan fingerprint density at radius 3 is 2.85 bits per heavy atom. The number of hydrogen-bond donors (Lipinski definition) is 3. The lowest BCUT2D eigenvalue weighted by Gasteiger charge is -2.07. The monoisotopic (exact) mass is 295 g/mol. The molecule has 0 saturated carbocycles. The summed E-state index contributed by atoms with van der Waals surface area (Å²) in [5.41, 5.74) is 6.65. The summed E-state index contributed by atoms with van der Waals surface area (Å²) in [6, 6.07) is 4.63. The summed E-state index contributed by atoms with van der Waals surface area (Å²) in [6.45, 7) is 2.30. The van der Waals surface area contributed by atoms with E-state index in [-0.39, 0.29) is 23.3 Å². The summed E-state index contributed by atoms with van der Waals surface area (Å²) in [6.07, 6.45) is 3.33. The lowest BCUT2D eigenvalue weighted by atomic mass is 10.0. The van der Waals surface area contributed by atoms with Crippen LogP contribution in [0.3, 0.4) is 0 Å². The molecule has 1 unspecified atom stereocenters. The minimum absolute atomic E-state index is 0.117. The number of nitrogens with one attached hydrogen (secondary N) is 2. The minimum Gasteiger partial charge on any atom is -0.327 e. The van der Waals surface area contributed by atoms with Crippen molar-refractivity contribution < 1.29 is 13.2 Å². The second-order valence-electron chi connectivity index (χ2n) is 4.52. The van der Waals surface area contributed by atoms with Gasteiger partial charge >= 0.3 is 0 Å². The average Bonchev–Trinajstić information content (AvgIpc) is 2.70. The molecule has 0 fully saturated rings. The zero-order valence-electron chi connectivity index (χ0n) is 11.1. The average molecular weight is 295 g/mol. The zero-order chi connectivity index (χ0) is 14.8. The Bertz CT molecular complexity index is 653. The Balaban J connectivity index is 2.22. The van der Waals surface area contributed by atoms with E-state index < -0.39 is 10.0 Å². The van der Waals surface area contributed by atoms with E-state index >= 15 is 0 Å². The van der Waals surface area contributed by atoms with Gasteiger partial charge in [-0.25, -0.2) is 13.1 Å². The molecular formula is C13H17N3O3S. The maximum atomic E-state index is 12.1. The fraction of sp³-hybridized carbons (Fsp3) is 0.308. The van der Waals surface area contributed by atoms with Gasteiger partial charge < -0.3 is 11.1 Å². The SMILES string of the molecule is CC1C(=O)Nc2ccc(S(=O)(=O)NC/C=C/CN)cc21. The molecular weight excluding hydrogens is 278 g/mol. The molecule has 1 atom stereocenters. The summed E-state index contributed by atoms with van der Waals surface area (Å²) in [5, 5.41) is 2.71. The van der Waals surface area contributed by atoms with Crippen LogP contribution in [0.4, 0.5) is 5.69 Å². The summed E-state index contributed by atoms with van der Waals surface area (Å²) in [7, 11) is -3.58. The van der Waals surface area contributed by atoms with Crippen molar-refractivity contribution in [2.75, 3.05) is 18.4 Å². The van der Waals surface area contributed by atoms with E-state index in [1.165, 1.54) is 12.1 Å². The number of benzene rings is 1. The first kappa shape index (κ1) is 14.7. The van der Waals surface area contributed by atoms with E-state index in [0.717, 1.165) is 0 Å². The highest BCUT2D eigenvalue weighted by Crippen LogP contribution is 2.33. The molecule has 0 aromatic heterocycles. The van der Waals surface area contributed by atoms with Gasteiger partial charge in [0, 0.05) is 18.8 Å². The number of nitrogens with two attached hydrogens (primary N) is 1. The Morgan fingerprint density at radius 1 is 1.40 bits per heavy atom.